The molecule has 1 saturated carbocycles. The Labute approximate surface area is 214 Å². The monoisotopic (exact) mass is 512 g/mol. The molecule has 8 nitrogen and oxygen atoms in total. The van der Waals surface area contributed by atoms with Crippen LogP contribution >= 0.6 is 0 Å². The number of piperazine rings is 1. The number of amides is 1. The second kappa shape index (κ2) is 10.8. The van der Waals surface area contributed by atoms with Crippen molar-refractivity contribution in [3.8, 4) is 5.75 Å². The van der Waals surface area contributed by atoms with Crippen molar-refractivity contribution in [1.29, 1.82) is 0 Å². The summed E-state index contributed by atoms with van der Waals surface area (Å²) in [6.45, 7) is 5.74. The Morgan fingerprint density at radius 2 is 1.78 bits per heavy atom. The first-order valence-corrected chi connectivity index (χ1v) is 14.5. The molecule has 2 aliphatic heterocycles. The molecule has 0 radical (unpaired) electrons. The van der Waals surface area contributed by atoms with Crippen LogP contribution in [-0.2, 0) is 21.2 Å². The minimum absolute atomic E-state index is 0.145. The number of hydrogen-bond acceptors (Lipinski definition) is 6. The van der Waals surface area contributed by atoms with Gasteiger partial charge in [0.1, 0.15) is 5.75 Å². The molecule has 2 heterocycles. The van der Waals surface area contributed by atoms with Gasteiger partial charge in [0.25, 0.3) is 0 Å². The highest BCUT2D eigenvalue weighted by Gasteiger charge is 2.33. The van der Waals surface area contributed by atoms with Crippen molar-refractivity contribution in [3.05, 3.63) is 48.0 Å². The molecule has 9 heteroatoms. The number of nitrogens with zero attached hydrogens (tertiary/aromatic N) is 3. The van der Waals surface area contributed by atoms with E-state index in [9.17, 15) is 13.2 Å². The van der Waals surface area contributed by atoms with Gasteiger partial charge < -0.3 is 14.5 Å². The van der Waals surface area contributed by atoms with Crippen molar-refractivity contribution in [1.82, 2.24) is 9.62 Å². The van der Waals surface area contributed by atoms with Gasteiger partial charge in [-0.25, -0.2) is 13.1 Å². The maximum absolute atomic E-state index is 12.9. The highest BCUT2D eigenvalue weighted by molar-refractivity contribution is 7.89. The number of hydrogen-bond donors (Lipinski definition) is 1. The van der Waals surface area contributed by atoms with E-state index in [4.69, 9.17) is 4.74 Å². The number of rotatable bonds is 9. The molecular formula is C27H36N4O4S. The van der Waals surface area contributed by atoms with E-state index in [1.807, 2.05) is 17.0 Å². The summed E-state index contributed by atoms with van der Waals surface area (Å²) in [5, 5.41) is 0. The maximum Gasteiger partial charge on any atom is 0.240 e. The van der Waals surface area contributed by atoms with E-state index in [1.54, 1.807) is 25.3 Å². The Balaban J connectivity index is 1.07. The number of nitrogens with one attached hydrogen (secondary N) is 1. The van der Waals surface area contributed by atoms with Crippen molar-refractivity contribution in [2.75, 3.05) is 62.7 Å². The standard InChI is InChI=1S/C27H36N4O4S/c1-35-24-8-6-23(7-9-24)30-18-16-29(17-19-30)14-3-13-28-36(33,34)25-10-11-26-22(20-25)12-15-31(26)27(32)21-4-2-5-21/h6-11,20-21,28H,2-5,12-19H2,1H3. The average molecular weight is 513 g/mol. The van der Waals surface area contributed by atoms with Crippen LogP contribution in [0.1, 0.15) is 31.2 Å². The lowest BCUT2D eigenvalue weighted by molar-refractivity contribution is -0.124. The van der Waals surface area contributed by atoms with Crippen LogP contribution in [0.25, 0.3) is 0 Å². The summed E-state index contributed by atoms with van der Waals surface area (Å²) >= 11 is 0. The fourth-order valence-electron chi connectivity index (χ4n) is 5.27. The normalized spacial score (nSPS) is 18.7. The predicted molar refractivity (Wildman–Crippen MR) is 141 cm³/mol. The molecule has 3 aliphatic rings. The summed E-state index contributed by atoms with van der Waals surface area (Å²) in [6.07, 6.45) is 4.54. The smallest absolute Gasteiger partial charge is 0.240 e. The van der Waals surface area contributed by atoms with Crippen LogP contribution in [0.5, 0.6) is 5.75 Å². The van der Waals surface area contributed by atoms with E-state index >= 15 is 0 Å². The molecule has 194 valence electrons. The second-order valence-electron chi connectivity index (χ2n) is 9.94. The molecule has 5 rings (SSSR count). The summed E-state index contributed by atoms with van der Waals surface area (Å²) < 4.78 is 33.8. The van der Waals surface area contributed by atoms with Crippen LogP contribution in [0.2, 0.25) is 0 Å². The lowest BCUT2D eigenvalue weighted by atomic mass is 9.84. The molecule has 1 amide bonds. The zero-order valence-electron chi connectivity index (χ0n) is 21.0. The number of methoxy groups -OCH3 is 1. The van der Waals surface area contributed by atoms with Crippen molar-refractivity contribution in [3.63, 3.8) is 0 Å². The number of carbonyl (C=O) groups excluding carboxylic acids is 1. The summed E-state index contributed by atoms with van der Waals surface area (Å²) in [4.78, 5) is 19.6. The number of sulfonamides is 1. The van der Waals surface area contributed by atoms with E-state index in [1.165, 1.54) is 5.69 Å². The van der Waals surface area contributed by atoms with E-state index in [0.717, 1.165) is 75.4 Å². The average Bonchev–Trinajstić information content (AvgIpc) is 3.29. The quantitative estimate of drug-likeness (QED) is 0.521. The van der Waals surface area contributed by atoms with Crippen LogP contribution in [0, 0.1) is 5.92 Å². The molecule has 1 saturated heterocycles. The molecule has 0 unspecified atom stereocenters. The fourth-order valence-corrected chi connectivity index (χ4v) is 6.39. The van der Waals surface area contributed by atoms with Gasteiger partial charge in [-0.15, -0.1) is 0 Å². The van der Waals surface area contributed by atoms with E-state index < -0.39 is 10.0 Å². The largest absolute Gasteiger partial charge is 0.497 e. The van der Waals surface area contributed by atoms with Gasteiger partial charge in [-0.3, -0.25) is 9.69 Å². The van der Waals surface area contributed by atoms with Gasteiger partial charge in [0.2, 0.25) is 15.9 Å². The number of benzene rings is 2. The molecule has 0 aromatic heterocycles. The minimum Gasteiger partial charge on any atom is -0.497 e. The molecule has 2 fully saturated rings. The van der Waals surface area contributed by atoms with Gasteiger partial charge in [0.05, 0.1) is 12.0 Å². The third-order valence-corrected chi connectivity index (χ3v) is 9.19. The Morgan fingerprint density at radius 3 is 2.44 bits per heavy atom. The van der Waals surface area contributed by atoms with Crippen molar-refractivity contribution >= 4 is 27.3 Å². The first-order chi connectivity index (χ1) is 17.4. The summed E-state index contributed by atoms with van der Waals surface area (Å²) in [5.74, 6) is 1.20. The summed E-state index contributed by atoms with van der Waals surface area (Å²) in [6, 6.07) is 13.3. The topological polar surface area (TPSA) is 82.2 Å². The molecule has 0 bridgehead atoms. The van der Waals surface area contributed by atoms with Crippen LogP contribution in [0.3, 0.4) is 0 Å². The molecule has 2 aromatic rings. The lowest BCUT2D eigenvalue weighted by Crippen LogP contribution is -2.47. The SMILES string of the molecule is COc1ccc(N2CCN(CCCNS(=O)(=O)c3ccc4c(c3)CCN4C(=O)C3CCC3)CC2)cc1. The predicted octanol–water partition coefficient (Wildman–Crippen LogP) is 2.88. The zero-order valence-corrected chi connectivity index (χ0v) is 21.8. The van der Waals surface area contributed by atoms with Gasteiger partial charge in [0.15, 0.2) is 0 Å². The molecule has 0 atom stereocenters. The molecule has 1 aliphatic carbocycles. The van der Waals surface area contributed by atoms with Crippen LogP contribution in [0.15, 0.2) is 47.4 Å². The number of ether oxygens (including phenoxy) is 1. The molecule has 36 heavy (non-hydrogen) atoms. The van der Waals surface area contributed by atoms with E-state index in [0.29, 0.717) is 19.5 Å². The minimum atomic E-state index is -3.57. The highest BCUT2D eigenvalue weighted by atomic mass is 32.2. The van der Waals surface area contributed by atoms with Gasteiger partial charge in [-0.2, -0.15) is 0 Å². The first kappa shape index (κ1) is 25.0. The highest BCUT2D eigenvalue weighted by Crippen LogP contribution is 2.35. The molecule has 1 N–H and O–H groups in total. The summed E-state index contributed by atoms with van der Waals surface area (Å²) in [5.41, 5.74) is 3.02. The van der Waals surface area contributed by atoms with Gasteiger partial charge in [0, 0.05) is 56.6 Å². The number of carbonyl (C=O) groups is 1. The van der Waals surface area contributed by atoms with Crippen molar-refractivity contribution < 1.29 is 17.9 Å². The first-order valence-electron chi connectivity index (χ1n) is 13.0. The van der Waals surface area contributed by atoms with Crippen LogP contribution in [0.4, 0.5) is 11.4 Å². The maximum atomic E-state index is 12.9. The second-order valence-corrected chi connectivity index (χ2v) is 11.7. The third-order valence-electron chi connectivity index (χ3n) is 7.73. The fraction of sp³-hybridized carbons (Fsp3) is 0.519. The van der Waals surface area contributed by atoms with Gasteiger partial charge >= 0.3 is 0 Å². The van der Waals surface area contributed by atoms with Crippen molar-refractivity contribution in [2.24, 2.45) is 5.92 Å². The van der Waals surface area contributed by atoms with Gasteiger partial charge in [-0.05, 0) is 80.3 Å². The Hall–Kier alpha value is -2.62. The lowest BCUT2D eigenvalue weighted by Gasteiger charge is -2.36. The summed E-state index contributed by atoms with van der Waals surface area (Å²) in [7, 11) is -1.90. The number of fused-ring (bicyclic) bond motifs is 1. The van der Waals surface area contributed by atoms with Crippen LogP contribution in [-0.4, -0.2) is 72.1 Å². The Morgan fingerprint density at radius 1 is 1.03 bits per heavy atom. The zero-order chi connectivity index (χ0) is 25.1. The Kier molecular flexibility index (Phi) is 7.50. The molecule has 2 aromatic carbocycles. The molecular weight excluding hydrogens is 476 g/mol. The molecule has 0 spiro atoms. The van der Waals surface area contributed by atoms with Gasteiger partial charge in [-0.1, -0.05) is 6.42 Å². The van der Waals surface area contributed by atoms with E-state index in [2.05, 4.69) is 26.7 Å². The third kappa shape index (κ3) is 5.38. The van der Waals surface area contributed by atoms with E-state index in [-0.39, 0.29) is 16.7 Å². The number of anilines is 2. The van der Waals surface area contributed by atoms with Crippen LogP contribution < -0.4 is 19.3 Å². The Bertz CT molecular complexity index is 1170. The van der Waals surface area contributed by atoms with Crippen molar-refractivity contribution in [2.45, 2.75) is 37.0 Å².